The lowest BCUT2D eigenvalue weighted by molar-refractivity contribution is 0.702. The molecule has 19 heavy (non-hydrogen) atoms. The van der Waals surface area contributed by atoms with Gasteiger partial charge < -0.3 is 10.3 Å². The molecule has 0 fully saturated rings. The third-order valence-corrected chi connectivity index (χ3v) is 3.47. The first-order valence-electron chi connectivity index (χ1n) is 6.40. The minimum Gasteiger partial charge on any atom is -0.393 e. The fourth-order valence-electron chi connectivity index (χ4n) is 2.07. The number of hydrogen-bond acceptors (Lipinski definition) is 2. The van der Waals surface area contributed by atoms with Crippen molar-refractivity contribution in [3.8, 4) is 0 Å². The van der Waals surface area contributed by atoms with Gasteiger partial charge >= 0.3 is 0 Å². The Labute approximate surface area is 118 Å². The van der Waals surface area contributed by atoms with Crippen molar-refractivity contribution in [1.82, 2.24) is 4.57 Å². The van der Waals surface area contributed by atoms with Gasteiger partial charge in [0.1, 0.15) is 0 Å². The molecule has 0 saturated heterocycles. The average Bonchev–Trinajstić information content (AvgIpc) is 2.37. The van der Waals surface area contributed by atoms with Crippen molar-refractivity contribution >= 4 is 28.0 Å². The van der Waals surface area contributed by atoms with Gasteiger partial charge in [0.2, 0.25) is 0 Å². The molecule has 2 aromatic rings. The molecular weight excluding hydrogens is 256 g/mol. The molecule has 0 saturated carbocycles. The Morgan fingerprint density at radius 3 is 2.74 bits per heavy atom. The van der Waals surface area contributed by atoms with E-state index in [2.05, 4.69) is 19.9 Å². The Morgan fingerprint density at radius 1 is 1.37 bits per heavy atom. The van der Waals surface area contributed by atoms with E-state index < -0.39 is 0 Å². The first-order valence-corrected chi connectivity index (χ1v) is 6.81. The van der Waals surface area contributed by atoms with Crippen LogP contribution >= 0.6 is 12.2 Å². The van der Waals surface area contributed by atoms with E-state index in [0.29, 0.717) is 23.9 Å². The minimum absolute atomic E-state index is 0.0176. The summed E-state index contributed by atoms with van der Waals surface area (Å²) in [5, 5.41) is 1.73. The van der Waals surface area contributed by atoms with E-state index in [9.17, 15) is 4.79 Å². The van der Waals surface area contributed by atoms with Gasteiger partial charge in [-0.3, -0.25) is 4.79 Å². The molecule has 0 aliphatic rings. The average molecular weight is 274 g/mol. The number of nitrogens with two attached hydrogens (primary N) is 1. The largest absolute Gasteiger partial charge is 0.393 e. The van der Waals surface area contributed by atoms with Gasteiger partial charge in [0.25, 0.3) is 5.56 Å². The third kappa shape index (κ3) is 3.01. The Hall–Kier alpha value is -1.68. The SMILES string of the molecule is CC(C)c1ccc2c(=O)n(CCC(N)=S)ccc2c1. The number of hydrogen-bond donors (Lipinski definition) is 1. The zero-order valence-corrected chi connectivity index (χ0v) is 12.0. The van der Waals surface area contributed by atoms with Crippen LogP contribution in [0.4, 0.5) is 0 Å². The molecule has 0 spiro atoms. The summed E-state index contributed by atoms with van der Waals surface area (Å²) in [4.78, 5) is 12.7. The monoisotopic (exact) mass is 274 g/mol. The van der Waals surface area contributed by atoms with E-state index in [4.69, 9.17) is 18.0 Å². The van der Waals surface area contributed by atoms with Crippen molar-refractivity contribution < 1.29 is 0 Å². The molecule has 3 nitrogen and oxygen atoms in total. The van der Waals surface area contributed by atoms with Crippen LogP contribution in [0.1, 0.15) is 31.7 Å². The maximum atomic E-state index is 12.3. The Balaban J connectivity index is 2.45. The second-order valence-electron chi connectivity index (χ2n) is 5.03. The molecule has 0 aliphatic heterocycles. The lowest BCUT2D eigenvalue weighted by Gasteiger charge is -2.09. The number of pyridine rings is 1. The van der Waals surface area contributed by atoms with Gasteiger partial charge in [-0.25, -0.2) is 0 Å². The van der Waals surface area contributed by atoms with Gasteiger partial charge in [-0.2, -0.15) is 0 Å². The molecule has 1 heterocycles. The normalized spacial score (nSPS) is 11.1. The van der Waals surface area contributed by atoms with Crippen LogP contribution in [0.15, 0.2) is 35.3 Å². The van der Waals surface area contributed by atoms with Crippen molar-refractivity contribution in [2.45, 2.75) is 32.7 Å². The zero-order chi connectivity index (χ0) is 14.0. The summed E-state index contributed by atoms with van der Waals surface area (Å²) in [5.74, 6) is 0.460. The summed E-state index contributed by atoms with van der Waals surface area (Å²) in [6.45, 7) is 4.82. The van der Waals surface area contributed by atoms with Crippen LogP contribution < -0.4 is 11.3 Å². The molecule has 100 valence electrons. The van der Waals surface area contributed by atoms with Crippen molar-refractivity contribution in [3.63, 3.8) is 0 Å². The number of nitrogens with zero attached hydrogens (tertiary/aromatic N) is 1. The molecule has 0 bridgehead atoms. The lowest BCUT2D eigenvalue weighted by atomic mass is 10.0. The molecule has 0 atom stereocenters. The molecule has 0 aliphatic carbocycles. The summed E-state index contributed by atoms with van der Waals surface area (Å²) in [5.41, 5.74) is 6.73. The van der Waals surface area contributed by atoms with Crippen LogP contribution in [0.3, 0.4) is 0 Å². The molecule has 0 amide bonds. The van der Waals surface area contributed by atoms with Crippen LogP contribution in [0.25, 0.3) is 10.8 Å². The minimum atomic E-state index is 0.0176. The lowest BCUT2D eigenvalue weighted by Crippen LogP contribution is -2.22. The fourth-order valence-corrected chi connectivity index (χ4v) is 2.16. The van der Waals surface area contributed by atoms with Gasteiger partial charge in [-0.15, -0.1) is 0 Å². The van der Waals surface area contributed by atoms with Crippen LogP contribution in [-0.2, 0) is 6.54 Å². The van der Waals surface area contributed by atoms with Crippen molar-refractivity contribution in [2.24, 2.45) is 5.73 Å². The van der Waals surface area contributed by atoms with E-state index in [-0.39, 0.29) is 5.56 Å². The molecule has 2 rings (SSSR count). The molecular formula is C15H18N2OS. The van der Waals surface area contributed by atoms with Gasteiger partial charge in [-0.1, -0.05) is 38.2 Å². The Morgan fingerprint density at radius 2 is 2.11 bits per heavy atom. The molecule has 1 aromatic carbocycles. The number of fused-ring (bicyclic) bond motifs is 1. The van der Waals surface area contributed by atoms with Gasteiger partial charge in [0.15, 0.2) is 0 Å². The summed E-state index contributed by atoms with van der Waals surface area (Å²) in [7, 11) is 0. The van der Waals surface area contributed by atoms with E-state index in [1.54, 1.807) is 4.57 Å². The number of rotatable bonds is 4. The first-order chi connectivity index (χ1) is 8.99. The smallest absolute Gasteiger partial charge is 0.258 e. The Bertz CT molecular complexity index is 673. The predicted octanol–water partition coefficient (Wildman–Crippen LogP) is 2.80. The van der Waals surface area contributed by atoms with Crippen molar-refractivity contribution in [1.29, 1.82) is 0 Å². The fraction of sp³-hybridized carbons (Fsp3) is 0.333. The maximum Gasteiger partial charge on any atom is 0.258 e. The topological polar surface area (TPSA) is 48.0 Å². The van der Waals surface area contributed by atoms with Crippen LogP contribution in [0.5, 0.6) is 0 Å². The number of benzene rings is 1. The van der Waals surface area contributed by atoms with Crippen LogP contribution in [0, 0.1) is 0 Å². The highest BCUT2D eigenvalue weighted by atomic mass is 32.1. The van der Waals surface area contributed by atoms with E-state index >= 15 is 0 Å². The summed E-state index contributed by atoms with van der Waals surface area (Å²) in [6.07, 6.45) is 2.36. The van der Waals surface area contributed by atoms with E-state index in [1.807, 2.05) is 24.4 Å². The maximum absolute atomic E-state index is 12.3. The molecule has 0 radical (unpaired) electrons. The zero-order valence-electron chi connectivity index (χ0n) is 11.2. The second-order valence-corrected chi connectivity index (χ2v) is 5.56. The summed E-state index contributed by atoms with van der Waals surface area (Å²) >= 11 is 4.84. The first kappa shape index (κ1) is 13.7. The van der Waals surface area contributed by atoms with Crippen LogP contribution in [-0.4, -0.2) is 9.56 Å². The molecule has 4 heteroatoms. The van der Waals surface area contributed by atoms with Gasteiger partial charge in [0, 0.05) is 24.5 Å². The van der Waals surface area contributed by atoms with E-state index in [0.717, 1.165) is 10.8 Å². The third-order valence-electron chi connectivity index (χ3n) is 3.27. The highest BCUT2D eigenvalue weighted by Crippen LogP contribution is 2.19. The van der Waals surface area contributed by atoms with E-state index in [1.165, 1.54) is 5.56 Å². The highest BCUT2D eigenvalue weighted by molar-refractivity contribution is 7.80. The number of aryl methyl sites for hydroxylation is 1. The van der Waals surface area contributed by atoms with Crippen LogP contribution in [0.2, 0.25) is 0 Å². The van der Waals surface area contributed by atoms with Crippen molar-refractivity contribution in [3.05, 3.63) is 46.4 Å². The number of thiocarbonyl (C=S) groups is 1. The molecule has 0 unspecified atom stereocenters. The van der Waals surface area contributed by atoms with Crippen molar-refractivity contribution in [2.75, 3.05) is 0 Å². The molecule has 2 N–H and O–H groups in total. The second kappa shape index (κ2) is 5.53. The molecule has 1 aromatic heterocycles. The summed E-state index contributed by atoms with van der Waals surface area (Å²) in [6, 6.07) is 7.98. The van der Waals surface area contributed by atoms with Gasteiger partial charge in [0.05, 0.1) is 4.99 Å². The Kier molecular flexibility index (Phi) is 4.00. The number of aromatic nitrogens is 1. The standard InChI is InChI=1S/C15H18N2OS/c1-10(2)11-3-4-13-12(9-11)5-7-17(15(13)18)8-6-14(16)19/h3-5,7,9-10H,6,8H2,1-2H3,(H2,16,19). The quantitative estimate of drug-likeness (QED) is 0.872. The van der Waals surface area contributed by atoms with Gasteiger partial charge in [-0.05, 0) is 29.0 Å². The predicted molar refractivity (Wildman–Crippen MR) is 83.7 cm³/mol. The summed E-state index contributed by atoms with van der Waals surface area (Å²) < 4.78 is 1.66. The highest BCUT2D eigenvalue weighted by Gasteiger charge is 2.05.